The summed E-state index contributed by atoms with van der Waals surface area (Å²) in [6.07, 6.45) is 6.45. The van der Waals surface area contributed by atoms with E-state index in [0.29, 0.717) is 18.8 Å². The molecule has 1 aromatic carbocycles. The van der Waals surface area contributed by atoms with E-state index in [-0.39, 0.29) is 6.61 Å². The first-order valence-corrected chi connectivity index (χ1v) is 7.95. The highest BCUT2D eigenvalue weighted by molar-refractivity contribution is 5.67. The molecule has 0 aliphatic rings. The van der Waals surface area contributed by atoms with Gasteiger partial charge in [-0.3, -0.25) is 0 Å². The Morgan fingerprint density at radius 3 is 2.83 bits per heavy atom. The highest BCUT2D eigenvalue weighted by Gasteiger charge is 2.05. The van der Waals surface area contributed by atoms with Crippen molar-refractivity contribution in [2.24, 2.45) is 4.99 Å². The fourth-order valence-corrected chi connectivity index (χ4v) is 2.12. The molecule has 0 saturated carbocycles. The Balaban J connectivity index is 2.19. The van der Waals surface area contributed by atoms with Crippen LogP contribution in [0, 0.1) is 0 Å². The van der Waals surface area contributed by atoms with Crippen LogP contribution < -0.4 is 10.1 Å². The van der Waals surface area contributed by atoms with Crippen LogP contribution in [0.15, 0.2) is 29.8 Å². The van der Waals surface area contributed by atoms with Crippen molar-refractivity contribution < 1.29 is 19.1 Å². The second-order valence-electron chi connectivity index (χ2n) is 5.17. The van der Waals surface area contributed by atoms with E-state index in [9.17, 15) is 9.59 Å². The first-order chi connectivity index (χ1) is 11.7. The zero-order valence-electron chi connectivity index (χ0n) is 14.0. The molecule has 1 rings (SSSR count). The number of rotatable bonds is 11. The van der Waals surface area contributed by atoms with E-state index in [2.05, 4.69) is 16.9 Å². The lowest BCUT2D eigenvalue weighted by molar-refractivity contribution is 0.139. The second-order valence-corrected chi connectivity index (χ2v) is 5.17. The Hall–Kier alpha value is -2.59. The third kappa shape index (κ3) is 7.61. The van der Waals surface area contributed by atoms with Crippen molar-refractivity contribution in [3.8, 4) is 5.75 Å². The summed E-state index contributed by atoms with van der Waals surface area (Å²) in [6.45, 7) is 4.98. The van der Waals surface area contributed by atoms with E-state index < -0.39 is 6.09 Å². The molecule has 1 aromatic rings. The normalized spacial score (nSPS) is 9.71. The summed E-state index contributed by atoms with van der Waals surface area (Å²) in [6, 6.07) is 5.57. The van der Waals surface area contributed by atoms with Crippen molar-refractivity contribution >= 4 is 18.2 Å². The maximum absolute atomic E-state index is 11.6. The number of nitrogens with zero attached hydrogens (tertiary/aromatic N) is 1. The number of carbonyl (C=O) groups is 1. The van der Waals surface area contributed by atoms with Crippen molar-refractivity contribution in [2.75, 3.05) is 20.2 Å². The SMILES string of the molecule is C=Cc1ccc(COC(=O)NCCCCCCN=C=O)cc1OC. The van der Waals surface area contributed by atoms with Gasteiger partial charge in [0, 0.05) is 12.1 Å². The Morgan fingerprint density at radius 1 is 1.33 bits per heavy atom. The Morgan fingerprint density at radius 2 is 2.12 bits per heavy atom. The molecule has 0 atom stereocenters. The molecule has 0 unspecified atom stereocenters. The standard InChI is InChI=1S/C18H24N2O4/c1-3-16-9-8-15(12-17(16)23-2)13-24-18(22)20-11-7-5-4-6-10-19-14-21/h3,8-9,12H,1,4-7,10-11,13H2,2H3,(H,20,22). The van der Waals surface area contributed by atoms with Crippen molar-refractivity contribution in [1.82, 2.24) is 5.32 Å². The lowest BCUT2D eigenvalue weighted by atomic mass is 10.1. The highest BCUT2D eigenvalue weighted by atomic mass is 16.5. The first kappa shape index (κ1) is 19.5. The van der Waals surface area contributed by atoms with Crippen molar-refractivity contribution in [2.45, 2.75) is 32.3 Å². The Bertz CT molecular complexity index is 580. The molecule has 0 aliphatic heterocycles. The topological polar surface area (TPSA) is 77.0 Å². The zero-order chi connectivity index (χ0) is 17.6. The van der Waals surface area contributed by atoms with Gasteiger partial charge in [0.1, 0.15) is 12.4 Å². The van der Waals surface area contributed by atoms with E-state index in [0.717, 1.165) is 36.8 Å². The second kappa shape index (κ2) is 11.9. The molecule has 0 saturated heterocycles. The molecule has 0 heterocycles. The fourth-order valence-electron chi connectivity index (χ4n) is 2.12. The number of nitrogens with one attached hydrogen (secondary N) is 1. The van der Waals surface area contributed by atoms with E-state index in [1.54, 1.807) is 13.2 Å². The van der Waals surface area contributed by atoms with E-state index in [1.807, 2.05) is 18.2 Å². The van der Waals surface area contributed by atoms with E-state index >= 15 is 0 Å². The van der Waals surface area contributed by atoms with Crippen LogP contribution in [-0.2, 0) is 16.1 Å². The molecule has 6 nitrogen and oxygen atoms in total. The average molecular weight is 332 g/mol. The molecule has 130 valence electrons. The molecular weight excluding hydrogens is 308 g/mol. The van der Waals surface area contributed by atoms with Crippen LogP contribution in [-0.4, -0.2) is 32.4 Å². The molecule has 0 radical (unpaired) electrons. The van der Waals surface area contributed by atoms with Crippen LogP contribution in [0.25, 0.3) is 6.08 Å². The van der Waals surface area contributed by atoms with Gasteiger partial charge in [0.25, 0.3) is 0 Å². The highest BCUT2D eigenvalue weighted by Crippen LogP contribution is 2.21. The molecule has 0 aromatic heterocycles. The summed E-state index contributed by atoms with van der Waals surface area (Å²) in [7, 11) is 1.59. The molecule has 24 heavy (non-hydrogen) atoms. The molecule has 0 spiro atoms. The third-order valence-corrected chi connectivity index (χ3v) is 3.42. The minimum absolute atomic E-state index is 0.184. The van der Waals surface area contributed by atoms with Crippen LogP contribution >= 0.6 is 0 Å². The predicted molar refractivity (Wildman–Crippen MR) is 92.7 cm³/mol. The van der Waals surface area contributed by atoms with E-state index in [1.165, 1.54) is 6.08 Å². The molecule has 0 aliphatic carbocycles. The third-order valence-electron chi connectivity index (χ3n) is 3.42. The molecule has 1 N–H and O–H groups in total. The molecule has 1 amide bonds. The van der Waals surface area contributed by atoms with Gasteiger partial charge >= 0.3 is 6.09 Å². The molecule has 6 heteroatoms. The Kier molecular flexibility index (Phi) is 9.65. The number of benzene rings is 1. The number of alkyl carbamates (subject to hydrolysis) is 1. The van der Waals surface area contributed by atoms with Gasteiger partial charge in [-0.25, -0.2) is 14.6 Å². The molecule has 0 fully saturated rings. The van der Waals surface area contributed by atoms with Gasteiger partial charge < -0.3 is 14.8 Å². The average Bonchev–Trinajstić information content (AvgIpc) is 2.61. The molecular formula is C18H24N2O4. The number of ether oxygens (including phenoxy) is 2. The summed E-state index contributed by atoms with van der Waals surface area (Å²) in [5.74, 6) is 0.699. The van der Waals surface area contributed by atoms with Gasteiger partial charge in [-0.15, -0.1) is 0 Å². The van der Waals surface area contributed by atoms with Gasteiger partial charge in [-0.2, -0.15) is 0 Å². The Labute approximate surface area is 142 Å². The minimum Gasteiger partial charge on any atom is -0.496 e. The van der Waals surface area contributed by atoms with Gasteiger partial charge in [-0.05, 0) is 24.5 Å². The summed E-state index contributed by atoms with van der Waals surface area (Å²) in [4.78, 5) is 25.0. The van der Waals surface area contributed by atoms with Crippen LogP contribution in [0.2, 0.25) is 0 Å². The summed E-state index contributed by atoms with van der Waals surface area (Å²) in [5.41, 5.74) is 1.74. The quantitative estimate of drug-likeness (QED) is 0.382. The monoisotopic (exact) mass is 332 g/mol. The maximum atomic E-state index is 11.6. The van der Waals surface area contributed by atoms with Crippen LogP contribution in [0.3, 0.4) is 0 Å². The number of hydrogen-bond acceptors (Lipinski definition) is 5. The number of methoxy groups -OCH3 is 1. The first-order valence-electron chi connectivity index (χ1n) is 7.95. The number of amides is 1. The number of isocyanates is 1. The lowest BCUT2D eigenvalue weighted by Crippen LogP contribution is -2.25. The van der Waals surface area contributed by atoms with Crippen LogP contribution in [0.1, 0.15) is 36.8 Å². The summed E-state index contributed by atoms with van der Waals surface area (Å²) in [5, 5.41) is 2.71. The lowest BCUT2D eigenvalue weighted by Gasteiger charge is -2.09. The van der Waals surface area contributed by atoms with E-state index in [4.69, 9.17) is 9.47 Å². The van der Waals surface area contributed by atoms with Crippen molar-refractivity contribution in [3.63, 3.8) is 0 Å². The maximum Gasteiger partial charge on any atom is 0.407 e. The van der Waals surface area contributed by atoms with Gasteiger partial charge in [0.15, 0.2) is 0 Å². The van der Waals surface area contributed by atoms with Gasteiger partial charge in [0.05, 0.1) is 13.7 Å². The zero-order valence-corrected chi connectivity index (χ0v) is 14.0. The number of unbranched alkanes of at least 4 members (excludes halogenated alkanes) is 3. The number of carbonyl (C=O) groups excluding carboxylic acids is 2. The smallest absolute Gasteiger partial charge is 0.407 e. The van der Waals surface area contributed by atoms with Crippen LogP contribution in [0.5, 0.6) is 5.75 Å². The largest absolute Gasteiger partial charge is 0.496 e. The predicted octanol–water partition coefficient (Wildman–Crippen LogP) is 3.46. The van der Waals surface area contributed by atoms with Crippen LogP contribution in [0.4, 0.5) is 4.79 Å². The minimum atomic E-state index is -0.438. The van der Waals surface area contributed by atoms with Crippen molar-refractivity contribution in [1.29, 1.82) is 0 Å². The van der Waals surface area contributed by atoms with Crippen molar-refractivity contribution in [3.05, 3.63) is 35.9 Å². The summed E-state index contributed by atoms with van der Waals surface area (Å²) >= 11 is 0. The summed E-state index contributed by atoms with van der Waals surface area (Å²) < 4.78 is 10.4. The number of aliphatic imine (C=N–C) groups is 1. The fraction of sp³-hybridized carbons (Fsp3) is 0.444. The molecule has 0 bridgehead atoms. The van der Waals surface area contributed by atoms with Gasteiger partial charge in [-0.1, -0.05) is 37.6 Å². The number of hydrogen-bond donors (Lipinski definition) is 1. The van der Waals surface area contributed by atoms with Gasteiger partial charge in [0.2, 0.25) is 6.08 Å².